The smallest absolute Gasteiger partial charge is 0.335 e. The van der Waals surface area contributed by atoms with Gasteiger partial charge in [-0.3, -0.25) is 0 Å². The Labute approximate surface area is 111 Å². The van der Waals surface area contributed by atoms with Crippen LogP contribution in [0.3, 0.4) is 0 Å². The molecule has 0 aliphatic carbocycles. The van der Waals surface area contributed by atoms with Gasteiger partial charge in [0.2, 0.25) is 10.0 Å². The van der Waals surface area contributed by atoms with Gasteiger partial charge in [0.25, 0.3) is 5.92 Å². The molecule has 0 bridgehead atoms. The molecule has 20 heavy (non-hydrogen) atoms. The third kappa shape index (κ3) is 3.92. The van der Waals surface area contributed by atoms with E-state index in [-0.39, 0.29) is 0 Å². The maximum absolute atomic E-state index is 13.5. The first-order valence-electron chi connectivity index (χ1n) is 5.10. The van der Waals surface area contributed by atoms with E-state index >= 15 is 0 Å². The van der Waals surface area contributed by atoms with Crippen molar-refractivity contribution in [2.45, 2.75) is 10.8 Å². The minimum Gasteiger partial charge on any atom is -0.478 e. The second-order valence-corrected chi connectivity index (χ2v) is 5.52. The van der Waals surface area contributed by atoms with Crippen molar-refractivity contribution in [3.8, 4) is 0 Å². The summed E-state index contributed by atoms with van der Waals surface area (Å²) in [5, 5.41) is 16.9. The Hall–Kier alpha value is -1.65. The van der Waals surface area contributed by atoms with Crippen LogP contribution >= 0.6 is 0 Å². The van der Waals surface area contributed by atoms with Crippen LogP contribution < -0.4 is 4.72 Å². The van der Waals surface area contributed by atoms with E-state index in [4.69, 9.17) is 10.2 Å². The average Bonchev–Trinajstić information content (AvgIpc) is 2.36. The molecular weight excluding hydrogens is 303 g/mol. The largest absolute Gasteiger partial charge is 0.478 e. The van der Waals surface area contributed by atoms with E-state index in [0.29, 0.717) is 12.1 Å². The molecule has 3 N–H and O–H groups in total. The number of hydrogen-bond acceptors (Lipinski definition) is 4. The maximum atomic E-state index is 13.5. The Balaban J connectivity index is 3.02. The fraction of sp³-hybridized carbons (Fsp3) is 0.300. The highest BCUT2D eigenvalue weighted by atomic mass is 32.2. The molecule has 0 saturated heterocycles. The number of aromatic carboxylic acids is 1. The van der Waals surface area contributed by atoms with Crippen molar-refractivity contribution in [1.82, 2.24) is 4.72 Å². The predicted octanol–water partition coefficient (Wildman–Crippen LogP) is 0.430. The molecule has 10 heteroatoms. The molecule has 0 radical (unpaired) electrons. The van der Waals surface area contributed by atoms with E-state index in [1.54, 1.807) is 0 Å². The summed E-state index contributed by atoms with van der Waals surface area (Å²) in [4.78, 5) is 9.59. The monoisotopic (exact) mass is 313 g/mol. The van der Waals surface area contributed by atoms with Gasteiger partial charge in [-0.15, -0.1) is 0 Å². The average molecular weight is 313 g/mol. The zero-order chi connectivity index (χ0) is 15.6. The van der Waals surface area contributed by atoms with Crippen LogP contribution in [0.5, 0.6) is 0 Å². The highest BCUT2D eigenvalue weighted by molar-refractivity contribution is 7.89. The third-order valence-electron chi connectivity index (χ3n) is 2.22. The number of benzene rings is 1. The lowest BCUT2D eigenvalue weighted by Crippen LogP contribution is -2.39. The van der Waals surface area contributed by atoms with E-state index in [2.05, 4.69) is 0 Å². The fourth-order valence-corrected chi connectivity index (χ4v) is 2.31. The molecule has 0 fully saturated rings. The summed E-state index contributed by atoms with van der Waals surface area (Å²) in [6.07, 6.45) is 0. The van der Waals surface area contributed by atoms with Crippen LogP contribution in [0.2, 0.25) is 0 Å². The number of rotatable bonds is 6. The lowest BCUT2D eigenvalue weighted by Gasteiger charge is -2.14. The molecule has 1 rings (SSSR count). The van der Waals surface area contributed by atoms with Gasteiger partial charge in [-0.2, -0.15) is 0 Å². The van der Waals surface area contributed by atoms with E-state index in [9.17, 15) is 26.4 Å². The number of hydrogen-bond donors (Lipinski definition) is 3. The van der Waals surface area contributed by atoms with Crippen molar-refractivity contribution in [1.29, 1.82) is 0 Å². The summed E-state index contributed by atoms with van der Waals surface area (Å²) in [6, 6.07) is 1.93. The number of sulfonamides is 1. The Bertz CT molecular complexity index is 617. The van der Waals surface area contributed by atoms with Gasteiger partial charge in [0, 0.05) is 0 Å². The molecule has 0 unspecified atom stereocenters. The topological polar surface area (TPSA) is 104 Å². The Morgan fingerprint density at radius 1 is 1.35 bits per heavy atom. The Kier molecular flexibility index (Phi) is 4.73. The van der Waals surface area contributed by atoms with Gasteiger partial charge in [-0.05, 0) is 18.2 Å². The van der Waals surface area contributed by atoms with E-state index in [1.165, 1.54) is 4.72 Å². The molecule has 0 aliphatic rings. The Morgan fingerprint density at radius 3 is 2.40 bits per heavy atom. The molecule has 0 spiro atoms. The molecule has 0 saturated carbocycles. The van der Waals surface area contributed by atoms with Gasteiger partial charge in [0.1, 0.15) is 17.3 Å². The fourth-order valence-electron chi connectivity index (χ4n) is 1.19. The van der Waals surface area contributed by atoms with Gasteiger partial charge in [-0.1, -0.05) is 0 Å². The summed E-state index contributed by atoms with van der Waals surface area (Å²) < 4.78 is 63.5. The normalized spacial score (nSPS) is 12.4. The molecule has 0 aromatic heterocycles. The highest BCUT2D eigenvalue weighted by Gasteiger charge is 2.31. The molecule has 0 amide bonds. The molecule has 1 aromatic carbocycles. The zero-order valence-corrected chi connectivity index (χ0v) is 10.6. The zero-order valence-electron chi connectivity index (χ0n) is 9.81. The van der Waals surface area contributed by atoms with Gasteiger partial charge < -0.3 is 10.2 Å². The number of carbonyl (C=O) groups is 1. The van der Waals surface area contributed by atoms with Gasteiger partial charge >= 0.3 is 5.97 Å². The van der Waals surface area contributed by atoms with E-state index in [1.807, 2.05) is 0 Å². The summed E-state index contributed by atoms with van der Waals surface area (Å²) in [7, 11) is -4.59. The number of carboxylic acid groups (broad SMARTS) is 1. The molecule has 112 valence electrons. The van der Waals surface area contributed by atoms with E-state index in [0.717, 1.165) is 6.07 Å². The predicted molar refractivity (Wildman–Crippen MR) is 60.6 cm³/mol. The first kappa shape index (κ1) is 16.4. The quantitative estimate of drug-likeness (QED) is 0.706. The summed E-state index contributed by atoms with van der Waals surface area (Å²) in [5.74, 6) is -6.54. The summed E-state index contributed by atoms with van der Waals surface area (Å²) >= 11 is 0. The van der Waals surface area contributed by atoms with Crippen molar-refractivity contribution < 1.29 is 36.6 Å². The van der Waals surface area contributed by atoms with Crippen LogP contribution in [0.1, 0.15) is 10.4 Å². The number of carboxylic acids is 1. The molecule has 0 aliphatic heterocycles. The number of aliphatic hydroxyl groups excluding tert-OH is 1. The van der Waals surface area contributed by atoms with Crippen molar-refractivity contribution in [3.63, 3.8) is 0 Å². The van der Waals surface area contributed by atoms with Gasteiger partial charge in [0.15, 0.2) is 0 Å². The molecule has 1 aromatic rings. The second kappa shape index (κ2) is 5.77. The minimum atomic E-state index is -4.59. The van der Waals surface area contributed by atoms with Crippen molar-refractivity contribution in [3.05, 3.63) is 29.6 Å². The van der Waals surface area contributed by atoms with Crippen molar-refractivity contribution in [2.24, 2.45) is 0 Å². The standard InChI is InChI=1S/C10H10F3NO5S/c11-7-3-6(9(16)17)1-2-8(7)20(18,19)14-4-10(12,13)5-15/h1-3,14-15H,4-5H2,(H,16,17). The first-order valence-corrected chi connectivity index (χ1v) is 6.58. The van der Waals surface area contributed by atoms with Crippen LogP contribution in [0.4, 0.5) is 13.2 Å². The first-order chi connectivity index (χ1) is 9.09. The van der Waals surface area contributed by atoms with Crippen LogP contribution in [0.25, 0.3) is 0 Å². The summed E-state index contributed by atoms with van der Waals surface area (Å²) in [5.41, 5.74) is -0.484. The van der Waals surface area contributed by atoms with Crippen LogP contribution in [0.15, 0.2) is 23.1 Å². The number of nitrogens with one attached hydrogen (secondary N) is 1. The van der Waals surface area contributed by atoms with Gasteiger partial charge in [-0.25, -0.2) is 31.1 Å². The second-order valence-electron chi connectivity index (χ2n) is 3.79. The van der Waals surface area contributed by atoms with Gasteiger partial charge in [0.05, 0.1) is 12.1 Å². The van der Waals surface area contributed by atoms with Crippen molar-refractivity contribution >= 4 is 16.0 Å². The molecular formula is C10H10F3NO5S. The van der Waals surface area contributed by atoms with Crippen LogP contribution in [0, 0.1) is 5.82 Å². The van der Waals surface area contributed by atoms with Crippen LogP contribution in [-0.4, -0.2) is 43.7 Å². The minimum absolute atomic E-state index is 0.459. The molecule has 6 nitrogen and oxygen atoms in total. The highest BCUT2D eigenvalue weighted by Crippen LogP contribution is 2.17. The summed E-state index contributed by atoms with van der Waals surface area (Å²) in [6.45, 7) is -2.98. The third-order valence-corrected chi connectivity index (χ3v) is 3.65. The van der Waals surface area contributed by atoms with E-state index < -0.39 is 51.3 Å². The SMILES string of the molecule is O=C(O)c1ccc(S(=O)(=O)NCC(F)(F)CO)c(F)c1. The molecule has 0 heterocycles. The molecule has 0 atom stereocenters. The lowest BCUT2D eigenvalue weighted by molar-refractivity contribution is -0.0437. The van der Waals surface area contributed by atoms with Crippen molar-refractivity contribution in [2.75, 3.05) is 13.2 Å². The Morgan fingerprint density at radius 2 is 1.95 bits per heavy atom. The number of halogens is 3. The lowest BCUT2D eigenvalue weighted by atomic mass is 10.2. The van der Waals surface area contributed by atoms with Crippen LogP contribution in [-0.2, 0) is 10.0 Å². The number of aliphatic hydroxyl groups is 1. The maximum Gasteiger partial charge on any atom is 0.335 e. The number of alkyl halides is 2.